The largest absolute Gasteiger partial charge is 0.460 e. The summed E-state index contributed by atoms with van der Waals surface area (Å²) in [6.45, 7) is 18.8. The average molecular weight is 508 g/mol. The molecule has 196 valence electrons. The van der Waals surface area contributed by atoms with Gasteiger partial charge in [-0.3, -0.25) is 0 Å². The monoisotopic (exact) mass is 507 g/mol. The van der Waals surface area contributed by atoms with Gasteiger partial charge < -0.3 is 19.5 Å². The highest BCUT2D eigenvalue weighted by atomic mass is 16.6. The molecule has 0 fully saturated rings. The number of benzene rings is 2. The first-order chi connectivity index (χ1) is 17.5. The Labute approximate surface area is 218 Å². The van der Waals surface area contributed by atoms with Crippen LogP contribution in [0.3, 0.4) is 0 Å². The summed E-state index contributed by atoms with van der Waals surface area (Å²) in [6.07, 6.45) is 1.23. The number of nitrogens with zero attached hydrogens (tertiary/aromatic N) is 1. The molecule has 0 bridgehead atoms. The van der Waals surface area contributed by atoms with Crippen molar-refractivity contribution in [2.24, 2.45) is 0 Å². The van der Waals surface area contributed by atoms with Crippen LogP contribution in [-0.4, -0.2) is 48.1 Å². The zero-order valence-electron chi connectivity index (χ0n) is 22.0. The number of carbonyl (C=O) groups excluding carboxylic acids is 3. The van der Waals surface area contributed by atoms with E-state index < -0.39 is 23.6 Å². The lowest BCUT2D eigenvalue weighted by atomic mass is 10.0. The first kappa shape index (κ1) is 29.0. The average Bonchev–Trinajstić information content (AvgIpc) is 2.84. The van der Waals surface area contributed by atoms with Crippen LogP contribution in [0.2, 0.25) is 0 Å². The first-order valence-electron chi connectivity index (χ1n) is 11.7. The van der Waals surface area contributed by atoms with Crippen LogP contribution in [-0.2, 0) is 37.0 Å². The Balaban J connectivity index is 1.96. The van der Waals surface area contributed by atoms with Crippen molar-refractivity contribution in [3.05, 3.63) is 89.5 Å². The van der Waals surface area contributed by atoms with Gasteiger partial charge in [-0.2, -0.15) is 0 Å². The normalized spacial score (nSPS) is 10.7. The van der Waals surface area contributed by atoms with Crippen LogP contribution in [0.4, 0.5) is 10.5 Å². The highest BCUT2D eigenvalue weighted by molar-refractivity contribution is 5.82. The van der Waals surface area contributed by atoms with Gasteiger partial charge in [0.2, 0.25) is 5.69 Å². The topological polar surface area (TPSA) is 93.9 Å². The van der Waals surface area contributed by atoms with Gasteiger partial charge in [0.15, 0.2) is 6.54 Å². The van der Waals surface area contributed by atoms with Crippen LogP contribution < -0.4 is 5.32 Å². The summed E-state index contributed by atoms with van der Waals surface area (Å²) >= 11 is 0. The predicted octanol–water partition coefficient (Wildman–Crippen LogP) is 4.60. The van der Waals surface area contributed by atoms with E-state index in [1.807, 2.05) is 28.8 Å². The summed E-state index contributed by atoms with van der Waals surface area (Å²) in [7, 11) is 0. The maximum atomic E-state index is 12.4. The van der Waals surface area contributed by atoms with Crippen molar-refractivity contribution in [2.45, 2.75) is 46.4 Å². The van der Waals surface area contributed by atoms with Crippen molar-refractivity contribution in [1.29, 1.82) is 0 Å². The van der Waals surface area contributed by atoms with Gasteiger partial charge in [0.1, 0.15) is 32.1 Å². The van der Waals surface area contributed by atoms with Crippen LogP contribution >= 0.6 is 0 Å². The van der Waals surface area contributed by atoms with Gasteiger partial charge in [-0.1, -0.05) is 43.0 Å². The number of alkyl carbamates (subject to hydrolysis) is 1. The van der Waals surface area contributed by atoms with E-state index in [-0.39, 0.29) is 19.8 Å². The lowest BCUT2D eigenvalue weighted by Gasteiger charge is -2.29. The van der Waals surface area contributed by atoms with Crippen LogP contribution in [0, 0.1) is 20.8 Å². The van der Waals surface area contributed by atoms with Crippen molar-refractivity contribution < 1.29 is 33.2 Å². The van der Waals surface area contributed by atoms with E-state index in [0.29, 0.717) is 6.54 Å². The molecule has 0 atom stereocenters. The van der Waals surface area contributed by atoms with E-state index in [2.05, 4.69) is 58.1 Å². The standard InChI is InChI=1S/C29H34N2O6/c1-8-25(32)36-18-29(6,19-37-26(33)9-2)30-28(34)35-17-24-12-10-23(11-13-24)16-31(7)27-21(4)14-20(3)15-22(27)5/h8-15H,1-2,7,16-19H2,3-6H3/p+1. The molecule has 8 heteroatoms. The van der Waals surface area contributed by atoms with Gasteiger partial charge in [0.05, 0.1) is 0 Å². The molecular weight excluding hydrogens is 472 g/mol. The van der Waals surface area contributed by atoms with Crippen LogP contribution in [0.1, 0.15) is 34.7 Å². The molecule has 0 unspecified atom stereocenters. The minimum Gasteiger partial charge on any atom is -0.460 e. The molecule has 8 nitrogen and oxygen atoms in total. The molecule has 0 saturated carbocycles. The lowest BCUT2D eigenvalue weighted by molar-refractivity contribution is -0.449. The zero-order valence-corrected chi connectivity index (χ0v) is 22.0. The second kappa shape index (κ2) is 13.2. The number of amides is 1. The maximum absolute atomic E-state index is 12.4. The number of aryl methyl sites for hydroxylation is 3. The molecule has 0 aromatic heterocycles. The summed E-state index contributed by atoms with van der Waals surface area (Å²) in [5.41, 5.74) is 5.30. The molecule has 1 N–H and O–H groups in total. The Morgan fingerprint density at radius 2 is 1.38 bits per heavy atom. The van der Waals surface area contributed by atoms with Crippen LogP contribution in [0.25, 0.3) is 0 Å². The Hall–Kier alpha value is -4.20. The van der Waals surface area contributed by atoms with Crippen molar-refractivity contribution in [3.8, 4) is 0 Å². The third kappa shape index (κ3) is 9.07. The summed E-state index contributed by atoms with van der Waals surface area (Å²) in [5.74, 6) is -1.35. The number of nitrogens with one attached hydrogen (secondary N) is 1. The molecule has 2 aromatic carbocycles. The molecule has 1 amide bonds. The molecule has 37 heavy (non-hydrogen) atoms. The third-order valence-corrected chi connectivity index (χ3v) is 5.52. The number of carbonyl (C=O) groups is 3. The van der Waals surface area contributed by atoms with E-state index in [0.717, 1.165) is 29.0 Å². The fourth-order valence-electron chi connectivity index (χ4n) is 3.84. The first-order valence-corrected chi connectivity index (χ1v) is 11.7. The zero-order chi connectivity index (χ0) is 27.6. The van der Waals surface area contributed by atoms with E-state index in [1.54, 1.807) is 6.92 Å². The Morgan fingerprint density at radius 3 is 1.86 bits per heavy atom. The van der Waals surface area contributed by atoms with Crippen molar-refractivity contribution in [3.63, 3.8) is 0 Å². The molecule has 0 heterocycles. The number of rotatable bonds is 12. The molecule has 0 aliphatic heterocycles. The van der Waals surface area contributed by atoms with Gasteiger partial charge in [0.25, 0.3) is 0 Å². The lowest BCUT2D eigenvalue weighted by Crippen LogP contribution is -2.53. The quantitative estimate of drug-likeness (QED) is 0.148. The highest BCUT2D eigenvalue weighted by Crippen LogP contribution is 2.25. The summed E-state index contributed by atoms with van der Waals surface area (Å²) in [4.78, 5) is 35.4. The molecule has 0 radical (unpaired) electrons. The smallest absolute Gasteiger partial charge is 0.408 e. The summed E-state index contributed by atoms with van der Waals surface area (Å²) < 4.78 is 17.4. The van der Waals surface area contributed by atoms with Crippen LogP contribution in [0.5, 0.6) is 0 Å². The van der Waals surface area contributed by atoms with Gasteiger partial charge in [-0.05, 0) is 45.4 Å². The summed E-state index contributed by atoms with van der Waals surface area (Å²) in [6, 6.07) is 12.0. The molecule has 2 rings (SSSR count). The van der Waals surface area contributed by atoms with E-state index in [4.69, 9.17) is 14.2 Å². The molecule has 0 aliphatic carbocycles. The highest BCUT2D eigenvalue weighted by Gasteiger charge is 2.31. The van der Waals surface area contributed by atoms with Gasteiger partial charge in [-0.25, -0.2) is 19.0 Å². The van der Waals surface area contributed by atoms with E-state index in [9.17, 15) is 14.4 Å². The molecule has 0 spiro atoms. The molecular formula is C29H35N2O6+. The Bertz CT molecular complexity index is 1140. The maximum Gasteiger partial charge on any atom is 0.408 e. The fraction of sp³-hybridized carbons (Fsp3) is 0.310. The van der Waals surface area contributed by atoms with Gasteiger partial charge in [-0.15, -0.1) is 0 Å². The van der Waals surface area contributed by atoms with Crippen LogP contribution in [0.15, 0.2) is 61.7 Å². The number of hydrogen-bond donors (Lipinski definition) is 1. The third-order valence-electron chi connectivity index (χ3n) is 5.52. The number of esters is 2. The Kier molecular flexibility index (Phi) is 10.4. The van der Waals surface area contributed by atoms with Crippen molar-refractivity contribution in [1.82, 2.24) is 5.32 Å². The SMILES string of the molecule is C=CC(=O)OCC(C)(COC(=O)C=C)NC(=O)OCc1ccc(C[N+](=C)c2c(C)cc(C)cc2C)cc1. The van der Waals surface area contributed by atoms with Crippen molar-refractivity contribution >= 4 is 30.4 Å². The van der Waals surface area contributed by atoms with Gasteiger partial charge >= 0.3 is 18.0 Å². The molecule has 2 aromatic rings. The predicted molar refractivity (Wildman–Crippen MR) is 142 cm³/mol. The van der Waals surface area contributed by atoms with Gasteiger partial charge in [0, 0.05) is 28.8 Å². The summed E-state index contributed by atoms with van der Waals surface area (Å²) in [5, 5.41) is 2.59. The fourth-order valence-corrected chi connectivity index (χ4v) is 3.84. The minimum absolute atomic E-state index is 0.0192. The van der Waals surface area contributed by atoms with Crippen molar-refractivity contribution in [2.75, 3.05) is 13.2 Å². The number of ether oxygens (including phenoxy) is 3. The number of hydrogen-bond acceptors (Lipinski definition) is 6. The molecule has 0 saturated heterocycles. The second-order valence-electron chi connectivity index (χ2n) is 9.15. The second-order valence-corrected chi connectivity index (χ2v) is 9.15. The minimum atomic E-state index is -1.22. The molecule has 0 aliphatic rings. The Morgan fingerprint density at radius 1 is 0.892 bits per heavy atom. The van der Waals surface area contributed by atoms with E-state index >= 15 is 0 Å². The van der Waals surface area contributed by atoms with E-state index in [1.165, 1.54) is 16.7 Å².